The van der Waals surface area contributed by atoms with Crippen LogP contribution in [0.15, 0.2) is 24.5 Å². The Kier molecular flexibility index (Phi) is 3.93. The largest absolute Gasteiger partial charge is 0.476 e. The maximum absolute atomic E-state index is 13.5. The van der Waals surface area contributed by atoms with E-state index in [0.29, 0.717) is 23.5 Å². The normalized spacial score (nSPS) is 10.3. The van der Waals surface area contributed by atoms with Crippen molar-refractivity contribution in [1.82, 2.24) is 9.97 Å². The van der Waals surface area contributed by atoms with Gasteiger partial charge in [-0.25, -0.2) is 19.2 Å². The SMILES string of the molecule is Cc1cc(CNc2cnc(C(=O)O)cn2)cc(C)c1F. The van der Waals surface area contributed by atoms with Crippen LogP contribution in [0.1, 0.15) is 27.2 Å². The van der Waals surface area contributed by atoms with Gasteiger partial charge in [-0.15, -0.1) is 0 Å². The molecule has 0 unspecified atom stereocenters. The number of halogens is 1. The second kappa shape index (κ2) is 5.64. The van der Waals surface area contributed by atoms with Gasteiger partial charge in [-0.2, -0.15) is 0 Å². The number of aryl methyl sites for hydroxylation is 2. The molecule has 1 heterocycles. The first-order valence-electron chi connectivity index (χ1n) is 6.02. The molecule has 0 radical (unpaired) electrons. The fraction of sp³-hybridized carbons (Fsp3) is 0.214. The van der Waals surface area contributed by atoms with Crippen molar-refractivity contribution in [3.8, 4) is 0 Å². The molecule has 0 aliphatic rings. The summed E-state index contributed by atoms with van der Waals surface area (Å²) in [6.07, 6.45) is 2.54. The van der Waals surface area contributed by atoms with Crippen LogP contribution in [0.5, 0.6) is 0 Å². The van der Waals surface area contributed by atoms with Crippen LogP contribution in [-0.2, 0) is 6.54 Å². The molecule has 2 aromatic rings. The fourth-order valence-corrected chi connectivity index (χ4v) is 1.86. The van der Waals surface area contributed by atoms with Gasteiger partial charge in [0.05, 0.1) is 12.4 Å². The first-order chi connectivity index (χ1) is 9.47. The maximum atomic E-state index is 13.5. The summed E-state index contributed by atoms with van der Waals surface area (Å²) in [4.78, 5) is 18.3. The molecule has 6 heteroatoms. The van der Waals surface area contributed by atoms with E-state index in [9.17, 15) is 9.18 Å². The quantitative estimate of drug-likeness (QED) is 0.896. The summed E-state index contributed by atoms with van der Waals surface area (Å²) < 4.78 is 13.5. The van der Waals surface area contributed by atoms with Crippen molar-refractivity contribution in [2.45, 2.75) is 20.4 Å². The third-order valence-corrected chi connectivity index (χ3v) is 2.84. The first kappa shape index (κ1) is 13.9. The van der Waals surface area contributed by atoms with Crippen molar-refractivity contribution < 1.29 is 14.3 Å². The minimum absolute atomic E-state index is 0.107. The molecule has 0 saturated carbocycles. The summed E-state index contributed by atoms with van der Waals surface area (Å²) in [6.45, 7) is 3.89. The number of carboxylic acid groups (broad SMARTS) is 1. The van der Waals surface area contributed by atoms with Crippen LogP contribution in [0.25, 0.3) is 0 Å². The van der Waals surface area contributed by atoms with Crippen molar-refractivity contribution >= 4 is 11.8 Å². The molecule has 0 saturated heterocycles. The van der Waals surface area contributed by atoms with Gasteiger partial charge in [-0.1, -0.05) is 12.1 Å². The molecule has 0 amide bonds. The number of aromatic nitrogens is 2. The van der Waals surface area contributed by atoms with E-state index >= 15 is 0 Å². The van der Waals surface area contributed by atoms with Gasteiger partial charge >= 0.3 is 5.97 Å². The summed E-state index contributed by atoms with van der Waals surface area (Å²) in [7, 11) is 0. The van der Waals surface area contributed by atoms with Crippen LogP contribution < -0.4 is 5.32 Å². The van der Waals surface area contributed by atoms with Crippen molar-refractivity contribution in [3.63, 3.8) is 0 Å². The van der Waals surface area contributed by atoms with Crippen LogP contribution in [0.4, 0.5) is 10.2 Å². The maximum Gasteiger partial charge on any atom is 0.356 e. The minimum atomic E-state index is -1.12. The number of carboxylic acids is 1. The summed E-state index contributed by atoms with van der Waals surface area (Å²) in [5.74, 6) is -0.845. The molecular formula is C14H14FN3O2. The Morgan fingerprint density at radius 1 is 1.25 bits per heavy atom. The third kappa shape index (κ3) is 3.09. The molecule has 0 fully saturated rings. The van der Waals surface area contributed by atoms with E-state index < -0.39 is 5.97 Å². The van der Waals surface area contributed by atoms with Crippen LogP contribution in [0.3, 0.4) is 0 Å². The van der Waals surface area contributed by atoms with Gasteiger partial charge in [-0.05, 0) is 30.5 Å². The number of hydrogen-bond acceptors (Lipinski definition) is 4. The number of aromatic carboxylic acids is 1. The summed E-state index contributed by atoms with van der Waals surface area (Å²) in [5.41, 5.74) is 2.00. The van der Waals surface area contributed by atoms with E-state index in [1.165, 1.54) is 12.4 Å². The zero-order chi connectivity index (χ0) is 14.7. The van der Waals surface area contributed by atoms with Crippen molar-refractivity contribution in [2.24, 2.45) is 0 Å². The summed E-state index contributed by atoms with van der Waals surface area (Å²) in [6, 6.07) is 3.52. The molecule has 5 nitrogen and oxygen atoms in total. The molecule has 20 heavy (non-hydrogen) atoms. The highest BCUT2D eigenvalue weighted by Gasteiger charge is 2.06. The summed E-state index contributed by atoms with van der Waals surface area (Å²) >= 11 is 0. The summed E-state index contributed by atoms with van der Waals surface area (Å²) in [5, 5.41) is 11.7. The number of carbonyl (C=O) groups is 1. The number of nitrogens with zero attached hydrogens (tertiary/aromatic N) is 2. The lowest BCUT2D eigenvalue weighted by atomic mass is 10.1. The van der Waals surface area contributed by atoms with Crippen LogP contribution in [0.2, 0.25) is 0 Å². The molecule has 0 spiro atoms. The van der Waals surface area contributed by atoms with Gasteiger partial charge in [0.25, 0.3) is 0 Å². The lowest BCUT2D eigenvalue weighted by molar-refractivity contribution is 0.0690. The molecule has 0 bridgehead atoms. The number of benzene rings is 1. The lowest BCUT2D eigenvalue weighted by Crippen LogP contribution is -2.06. The molecule has 1 aromatic carbocycles. The Balaban J connectivity index is 2.07. The van der Waals surface area contributed by atoms with Gasteiger partial charge in [0.1, 0.15) is 11.6 Å². The second-order valence-electron chi connectivity index (χ2n) is 4.49. The Hall–Kier alpha value is -2.50. The van der Waals surface area contributed by atoms with Crippen LogP contribution in [0, 0.1) is 19.7 Å². The van der Waals surface area contributed by atoms with Gasteiger partial charge in [0.2, 0.25) is 0 Å². The second-order valence-corrected chi connectivity index (χ2v) is 4.49. The Morgan fingerprint density at radius 2 is 1.90 bits per heavy atom. The highest BCUT2D eigenvalue weighted by Crippen LogP contribution is 2.15. The van der Waals surface area contributed by atoms with Crippen LogP contribution in [-0.4, -0.2) is 21.0 Å². The topological polar surface area (TPSA) is 75.1 Å². The number of hydrogen-bond donors (Lipinski definition) is 2. The molecule has 104 valence electrons. The standard InChI is InChI=1S/C14H14FN3O2/c1-8-3-10(4-9(2)13(8)15)5-17-12-7-16-11(6-18-12)14(19)20/h3-4,6-7H,5H2,1-2H3,(H,17,18)(H,19,20). The third-order valence-electron chi connectivity index (χ3n) is 2.84. The predicted octanol–water partition coefficient (Wildman–Crippen LogP) is 2.54. The molecule has 2 rings (SSSR count). The van der Waals surface area contributed by atoms with Gasteiger partial charge in [0, 0.05) is 6.54 Å². The number of rotatable bonds is 4. The van der Waals surface area contributed by atoms with Gasteiger partial charge < -0.3 is 10.4 Å². The Morgan fingerprint density at radius 3 is 2.40 bits per heavy atom. The van der Waals surface area contributed by atoms with Crippen LogP contribution >= 0.6 is 0 Å². The molecule has 2 N–H and O–H groups in total. The van der Waals surface area contributed by atoms with E-state index in [0.717, 1.165) is 5.56 Å². The van der Waals surface area contributed by atoms with Gasteiger partial charge in [0.15, 0.2) is 5.69 Å². The predicted molar refractivity (Wildman–Crippen MR) is 72.2 cm³/mol. The van der Waals surface area contributed by atoms with E-state index in [1.807, 2.05) is 0 Å². The highest BCUT2D eigenvalue weighted by atomic mass is 19.1. The Labute approximate surface area is 115 Å². The molecule has 1 aromatic heterocycles. The Bertz CT molecular complexity index is 618. The van der Waals surface area contributed by atoms with E-state index in [1.54, 1.807) is 26.0 Å². The zero-order valence-corrected chi connectivity index (χ0v) is 11.1. The number of nitrogens with one attached hydrogen (secondary N) is 1. The lowest BCUT2D eigenvalue weighted by Gasteiger charge is -2.08. The smallest absolute Gasteiger partial charge is 0.356 e. The minimum Gasteiger partial charge on any atom is -0.476 e. The average molecular weight is 275 g/mol. The van der Waals surface area contributed by atoms with E-state index in [4.69, 9.17) is 5.11 Å². The highest BCUT2D eigenvalue weighted by molar-refractivity contribution is 5.84. The fourth-order valence-electron chi connectivity index (χ4n) is 1.86. The van der Waals surface area contributed by atoms with E-state index in [2.05, 4.69) is 15.3 Å². The molecule has 0 aliphatic carbocycles. The number of anilines is 1. The molecular weight excluding hydrogens is 261 g/mol. The van der Waals surface area contributed by atoms with E-state index in [-0.39, 0.29) is 11.5 Å². The van der Waals surface area contributed by atoms with Crippen molar-refractivity contribution in [3.05, 3.63) is 52.7 Å². The van der Waals surface area contributed by atoms with Crippen molar-refractivity contribution in [2.75, 3.05) is 5.32 Å². The first-order valence-corrected chi connectivity index (χ1v) is 6.02. The molecule has 0 aliphatic heterocycles. The van der Waals surface area contributed by atoms with Gasteiger partial charge in [-0.3, -0.25) is 0 Å². The van der Waals surface area contributed by atoms with Crippen molar-refractivity contribution in [1.29, 1.82) is 0 Å². The molecule has 0 atom stereocenters. The monoisotopic (exact) mass is 275 g/mol. The zero-order valence-electron chi connectivity index (χ0n) is 11.1. The average Bonchev–Trinajstić information content (AvgIpc) is 2.42.